The van der Waals surface area contributed by atoms with Crippen LogP contribution < -0.4 is 10.2 Å². The van der Waals surface area contributed by atoms with Gasteiger partial charge >= 0.3 is 0 Å². The molecule has 1 saturated carbocycles. The number of rotatable bonds is 5. The summed E-state index contributed by atoms with van der Waals surface area (Å²) in [6.07, 6.45) is 4.41. The number of nitrogens with one attached hydrogen (secondary N) is 1. The maximum Gasteiger partial charge on any atom is 0.253 e. The van der Waals surface area contributed by atoms with Gasteiger partial charge < -0.3 is 20.4 Å². The van der Waals surface area contributed by atoms with Crippen LogP contribution in [0.25, 0.3) is 10.9 Å². The zero-order chi connectivity index (χ0) is 23.1. The van der Waals surface area contributed by atoms with Crippen molar-refractivity contribution in [2.24, 2.45) is 11.8 Å². The fourth-order valence-corrected chi connectivity index (χ4v) is 5.50. The van der Waals surface area contributed by atoms with Crippen molar-refractivity contribution in [3.63, 3.8) is 0 Å². The molecule has 2 fully saturated rings. The van der Waals surface area contributed by atoms with Gasteiger partial charge in [0.25, 0.3) is 5.91 Å². The minimum Gasteiger partial charge on any atom is -0.390 e. The highest BCUT2D eigenvalue weighted by molar-refractivity contribution is 6.35. The molecule has 1 aliphatic heterocycles. The Morgan fingerprint density at radius 1 is 1.31 bits per heavy atom. The van der Waals surface area contributed by atoms with Crippen molar-refractivity contribution in [2.75, 3.05) is 24.5 Å². The molecule has 1 aromatic carbocycles. The van der Waals surface area contributed by atoms with Crippen molar-refractivity contribution in [3.8, 4) is 0 Å². The third-order valence-corrected chi connectivity index (χ3v) is 7.50. The second-order valence-corrected chi connectivity index (χ2v) is 10.8. The maximum absolute atomic E-state index is 13.1. The SMILES string of the molecule is C[C@@H]1CCC[C@](O)(CNC(=O)c2c(Cl)ccc3nc(N4CC[C@H](C(C)(C)O)C4)ccc23)C1. The first-order valence-electron chi connectivity index (χ1n) is 11.6. The average molecular weight is 460 g/mol. The number of aliphatic hydroxyl groups is 2. The fourth-order valence-electron chi connectivity index (χ4n) is 5.24. The molecular weight excluding hydrogens is 426 g/mol. The smallest absolute Gasteiger partial charge is 0.253 e. The summed E-state index contributed by atoms with van der Waals surface area (Å²) in [6, 6.07) is 7.35. The lowest BCUT2D eigenvalue weighted by Gasteiger charge is -2.35. The molecule has 6 nitrogen and oxygen atoms in total. The van der Waals surface area contributed by atoms with Crippen molar-refractivity contribution in [3.05, 3.63) is 34.9 Å². The van der Waals surface area contributed by atoms with Gasteiger partial charge in [0, 0.05) is 30.9 Å². The van der Waals surface area contributed by atoms with Gasteiger partial charge in [-0.05, 0) is 63.3 Å². The Hall–Kier alpha value is -1.89. The number of hydrogen-bond donors (Lipinski definition) is 3. The summed E-state index contributed by atoms with van der Waals surface area (Å²) in [5.41, 5.74) is -0.479. The number of carbonyl (C=O) groups excluding carboxylic acids is 1. The summed E-state index contributed by atoms with van der Waals surface area (Å²) < 4.78 is 0. The molecule has 0 spiro atoms. The first-order chi connectivity index (χ1) is 15.1. The van der Waals surface area contributed by atoms with Crippen LogP contribution in [-0.4, -0.2) is 51.9 Å². The van der Waals surface area contributed by atoms with Crippen LogP contribution in [0.2, 0.25) is 5.02 Å². The number of aromatic nitrogens is 1. The molecule has 0 bridgehead atoms. The van der Waals surface area contributed by atoms with Gasteiger partial charge in [0.15, 0.2) is 0 Å². The molecule has 2 aromatic rings. The van der Waals surface area contributed by atoms with Gasteiger partial charge in [-0.25, -0.2) is 4.98 Å². The van der Waals surface area contributed by atoms with Crippen molar-refractivity contribution in [1.29, 1.82) is 0 Å². The van der Waals surface area contributed by atoms with E-state index in [1.165, 1.54) is 0 Å². The predicted molar refractivity (Wildman–Crippen MR) is 128 cm³/mol. The van der Waals surface area contributed by atoms with E-state index in [1.54, 1.807) is 6.07 Å². The Labute approximate surface area is 195 Å². The molecule has 174 valence electrons. The topological polar surface area (TPSA) is 85.7 Å². The van der Waals surface area contributed by atoms with E-state index in [0.29, 0.717) is 40.2 Å². The Morgan fingerprint density at radius 2 is 2.09 bits per heavy atom. The Bertz CT molecular complexity index is 1010. The van der Waals surface area contributed by atoms with Crippen LogP contribution in [0.3, 0.4) is 0 Å². The molecule has 2 aliphatic rings. The number of anilines is 1. The molecule has 32 heavy (non-hydrogen) atoms. The van der Waals surface area contributed by atoms with E-state index in [-0.39, 0.29) is 18.4 Å². The number of benzene rings is 1. The summed E-state index contributed by atoms with van der Waals surface area (Å²) >= 11 is 6.42. The van der Waals surface area contributed by atoms with Gasteiger partial charge in [0.2, 0.25) is 0 Å². The van der Waals surface area contributed by atoms with Crippen molar-refractivity contribution >= 4 is 34.2 Å². The summed E-state index contributed by atoms with van der Waals surface area (Å²) in [4.78, 5) is 20.0. The number of hydrogen-bond acceptors (Lipinski definition) is 5. The molecule has 3 atom stereocenters. The zero-order valence-corrected chi connectivity index (χ0v) is 20.0. The second-order valence-electron chi connectivity index (χ2n) is 10.4. The minimum atomic E-state index is -0.859. The number of amides is 1. The van der Waals surface area contributed by atoms with Gasteiger partial charge in [0.1, 0.15) is 5.82 Å². The predicted octanol–water partition coefficient (Wildman–Crippen LogP) is 4.16. The standard InChI is InChI=1S/C25H34ClN3O3/c1-16-5-4-11-25(32,13-16)15-27-23(30)22-18-6-9-21(28-20(18)8-7-19(22)26)29-12-10-17(14-29)24(2,3)31/h6-9,16-17,31-32H,4-5,10-15H2,1-3H3,(H,27,30)/t16-,17+,25-/m1/s1. The quantitative estimate of drug-likeness (QED) is 0.625. The highest BCUT2D eigenvalue weighted by atomic mass is 35.5. The zero-order valence-electron chi connectivity index (χ0n) is 19.2. The van der Waals surface area contributed by atoms with E-state index >= 15 is 0 Å². The third kappa shape index (κ3) is 4.87. The summed E-state index contributed by atoms with van der Waals surface area (Å²) in [6.45, 7) is 7.66. The van der Waals surface area contributed by atoms with Crippen LogP contribution in [0.4, 0.5) is 5.82 Å². The molecule has 4 rings (SSSR count). The van der Waals surface area contributed by atoms with Crippen molar-refractivity contribution < 1.29 is 15.0 Å². The highest BCUT2D eigenvalue weighted by Gasteiger charge is 2.35. The van der Waals surface area contributed by atoms with Gasteiger partial charge in [-0.15, -0.1) is 0 Å². The normalized spacial score (nSPS) is 26.5. The Morgan fingerprint density at radius 3 is 2.78 bits per heavy atom. The third-order valence-electron chi connectivity index (χ3n) is 7.19. The van der Waals surface area contributed by atoms with E-state index in [0.717, 1.165) is 38.2 Å². The van der Waals surface area contributed by atoms with Gasteiger partial charge in [-0.1, -0.05) is 31.4 Å². The van der Waals surface area contributed by atoms with Crippen LogP contribution in [0.1, 0.15) is 63.2 Å². The van der Waals surface area contributed by atoms with Crippen LogP contribution in [0.5, 0.6) is 0 Å². The molecule has 1 aromatic heterocycles. The first-order valence-corrected chi connectivity index (χ1v) is 12.0. The van der Waals surface area contributed by atoms with Crippen molar-refractivity contribution in [2.45, 2.75) is 64.1 Å². The number of halogens is 1. The fraction of sp³-hybridized carbons (Fsp3) is 0.600. The van der Waals surface area contributed by atoms with Crippen LogP contribution >= 0.6 is 11.6 Å². The maximum atomic E-state index is 13.1. The van der Waals surface area contributed by atoms with E-state index in [1.807, 2.05) is 32.0 Å². The Kier molecular flexibility index (Phi) is 6.40. The van der Waals surface area contributed by atoms with Gasteiger partial charge in [-0.2, -0.15) is 0 Å². The van der Waals surface area contributed by atoms with Crippen LogP contribution in [0, 0.1) is 11.8 Å². The summed E-state index contributed by atoms with van der Waals surface area (Å²) in [5.74, 6) is 1.20. The lowest BCUT2D eigenvalue weighted by molar-refractivity contribution is -0.0109. The van der Waals surface area contributed by atoms with Crippen LogP contribution in [0.15, 0.2) is 24.3 Å². The van der Waals surface area contributed by atoms with E-state index < -0.39 is 11.2 Å². The summed E-state index contributed by atoms with van der Waals surface area (Å²) in [7, 11) is 0. The van der Waals surface area contributed by atoms with Gasteiger partial charge in [0.05, 0.1) is 27.3 Å². The molecular formula is C25H34ClN3O3. The van der Waals surface area contributed by atoms with E-state index in [4.69, 9.17) is 16.6 Å². The van der Waals surface area contributed by atoms with Crippen molar-refractivity contribution in [1.82, 2.24) is 10.3 Å². The molecule has 2 heterocycles. The number of pyridine rings is 1. The molecule has 1 saturated heterocycles. The second kappa shape index (κ2) is 8.81. The molecule has 0 radical (unpaired) electrons. The minimum absolute atomic E-state index is 0.194. The number of fused-ring (bicyclic) bond motifs is 1. The van der Waals surface area contributed by atoms with E-state index in [9.17, 15) is 15.0 Å². The molecule has 3 N–H and O–H groups in total. The summed E-state index contributed by atoms with van der Waals surface area (Å²) in [5, 5.41) is 25.2. The largest absolute Gasteiger partial charge is 0.390 e. The monoisotopic (exact) mass is 459 g/mol. The number of carbonyl (C=O) groups is 1. The highest BCUT2D eigenvalue weighted by Crippen LogP contribution is 2.34. The molecule has 1 amide bonds. The lowest BCUT2D eigenvalue weighted by atomic mass is 9.79. The van der Waals surface area contributed by atoms with Gasteiger partial charge in [-0.3, -0.25) is 4.79 Å². The van der Waals surface area contributed by atoms with E-state index in [2.05, 4.69) is 17.1 Å². The molecule has 0 unspecified atom stereocenters. The van der Waals surface area contributed by atoms with Crippen LogP contribution in [-0.2, 0) is 0 Å². The molecule has 1 aliphatic carbocycles. The average Bonchev–Trinajstić information content (AvgIpc) is 3.22. The number of nitrogens with zero attached hydrogens (tertiary/aromatic N) is 2. The Balaban J connectivity index is 1.53. The first kappa shape index (κ1) is 23.3. The lowest BCUT2D eigenvalue weighted by Crippen LogP contribution is -2.45. The molecule has 7 heteroatoms.